The minimum Gasteiger partial charge on any atom is -0.555 e. The summed E-state index contributed by atoms with van der Waals surface area (Å²) in [5.74, 6) is 0. The van der Waals surface area contributed by atoms with E-state index < -0.39 is 6.75 Å². The molecule has 0 spiro atoms. The lowest BCUT2D eigenvalue weighted by Gasteiger charge is -2.31. The molecule has 152 valence electrons. The SMILES string of the molecule is C[NH+](Cc1ccccc1[B-]1(O)OCCO1)Cc1c2ccccc2cc2ccccc12. The number of hydrogen-bond donors (Lipinski definition) is 2. The van der Waals surface area contributed by atoms with E-state index in [2.05, 4.69) is 67.7 Å². The summed E-state index contributed by atoms with van der Waals surface area (Å²) in [6.45, 7) is 0.129. The molecule has 30 heavy (non-hydrogen) atoms. The van der Waals surface area contributed by atoms with Crippen LogP contribution in [0.15, 0.2) is 78.9 Å². The van der Waals surface area contributed by atoms with Gasteiger partial charge in [-0.2, -0.15) is 0 Å². The van der Waals surface area contributed by atoms with Gasteiger partial charge >= 0.3 is 6.75 Å². The van der Waals surface area contributed by atoms with Gasteiger partial charge in [-0.3, -0.25) is 0 Å². The fourth-order valence-electron chi connectivity index (χ4n) is 4.68. The first-order valence-corrected chi connectivity index (χ1v) is 10.6. The van der Waals surface area contributed by atoms with E-state index in [0.717, 1.165) is 24.1 Å². The van der Waals surface area contributed by atoms with Crippen molar-refractivity contribution in [2.24, 2.45) is 0 Å². The number of quaternary nitrogens is 1. The first-order valence-electron chi connectivity index (χ1n) is 10.6. The highest BCUT2D eigenvalue weighted by Crippen LogP contribution is 2.28. The van der Waals surface area contributed by atoms with E-state index in [1.165, 1.54) is 32.0 Å². The first-order chi connectivity index (χ1) is 14.6. The Hall–Kier alpha value is -2.70. The number of benzene rings is 4. The minimum atomic E-state index is -2.37. The number of hydrogen-bond acceptors (Lipinski definition) is 3. The Bertz CT molecular complexity index is 1150. The highest BCUT2D eigenvalue weighted by molar-refractivity contribution is 6.74. The van der Waals surface area contributed by atoms with Crippen LogP contribution in [0.25, 0.3) is 21.5 Å². The quantitative estimate of drug-likeness (QED) is 0.400. The molecule has 2 N–H and O–H groups in total. The van der Waals surface area contributed by atoms with Crippen LogP contribution in [0.2, 0.25) is 0 Å². The molecular formula is C25H26BNO3. The molecule has 0 radical (unpaired) electrons. The number of fused-ring (bicyclic) bond motifs is 2. The van der Waals surface area contributed by atoms with E-state index in [1.54, 1.807) is 0 Å². The lowest BCUT2D eigenvalue weighted by molar-refractivity contribution is -0.907. The molecule has 4 aromatic rings. The Morgan fingerprint density at radius 3 is 2.03 bits per heavy atom. The molecule has 1 aliphatic rings. The minimum absolute atomic E-state index is 0.426. The van der Waals surface area contributed by atoms with Gasteiger partial charge in [-0.05, 0) is 33.2 Å². The average molecular weight is 399 g/mol. The molecule has 1 fully saturated rings. The second kappa shape index (κ2) is 7.86. The largest absolute Gasteiger partial charge is 0.555 e. The number of rotatable bonds is 5. The highest BCUT2D eigenvalue weighted by atomic mass is 16.7. The molecule has 0 aromatic heterocycles. The molecular weight excluding hydrogens is 373 g/mol. The third-order valence-electron chi connectivity index (χ3n) is 6.07. The third kappa shape index (κ3) is 3.51. The summed E-state index contributed by atoms with van der Waals surface area (Å²) in [7, 11) is 2.20. The van der Waals surface area contributed by atoms with Gasteiger partial charge in [-0.25, -0.2) is 0 Å². The predicted molar refractivity (Wildman–Crippen MR) is 122 cm³/mol. The molecule has 5 rings (SSSR count). The third-order valence-corrected chi connectivity index (χ3v) is 6.07. The second-order valence-electron chi connectivity index (χ2n) is 8.22. The second-order valence-corrected chi connectivity index (χ2v) is 8.22. The molecule has 1 aliphatic heterocycles. The van der Waals surface area contributed by atoms with Crippen molar-refractivity contribution in [1.82, 2.24) is 0 Å². The molecule has 4 nitrogen and oxygen atoms in total. The number of nitrogens with one attached hydrogen (secondary N) is 1. The van der Waals surface area contributed by atoms with Gasteiger partial charge in [0.1, 0.15) is 13.1 Å². The Balaban J connectivity index is 1.50. The zero-order chi connectivity index (χ0) is 20.6. The summed E-state index contributed by atoms with van der Waals surface area (Å²) >= 11 is 0. The molecule has 4 aromatic carbocycles. The topological polar surface area (TPSA) is 43.1 Å². The van der Waals surface area contributed by atoms with E-state index in [9.17, 15) is 5.02 Å². The molecule has 1 atom stereocenters. The van der Waals surface area contributed by atoms with Crippen molar-refractivity contribution in [3.63, 3.8) is 0 Å². The van der Waals surface area contributed by atoms with Crippen molar-refractivity contribution in [2.45, 2.75) is 13.1 Å². The van der Waals surface area contributed by atoms with E-state index in [1.807, 2.05) is 18.2 Å². The van der Waals surface area contributed by atoms with Crippen molar-refractivity contribution in [1.29, 1.82) is 0 Å². The summed E-state index contributed by atoms with van der Waals surface area (Å²) in [5, 5.41) is 16.0. The average Bonchev–Trinajstić information content (AvgIpc) is 3.21. The van der Waals surface area contributed by atoms with Gasteiger partial charge in [0, 0.05) is 18.8 Å². The van der Waals surface area contributed by atoms with E-state index in [-0.39, 0.29) is 0 Å². The Kier molecular flexibility index (Phi) is 5.05. The van der Waals surface area contributed by atoms with Gasteiger partial charge in [-0.15, -0.1) is 5.46 Å². The van der Waals surface area contributed by atoms with Crippen LogP contribution in [0.5, 0.6) is 0 Å². The van der Waals surface area contributed by atoms with Crippen LogP contribution in [0.3, 0.4) is 0 Å². The zero-order valence-corrected chi connectivity index (χ0v) is 17.2. The maximum atomic E-state index is 10.8. The van der Waals surface area contributed by atoms with Crippen molar-refractivity contribution in [3.8, 4) is 0 Å². The Morgan fingerprint density at radius 2 is 1.37 bits per heavy atom. The van der Waals surface area contributed by atoms with Gasteiger partial charge in [0.05, 0.1) is 7.05 Å². The molecule has 0 saturated carbocycles. The fraction of sp³-hybridized carbons (Fsp3) is 0.200. The van der Waals surface area contributed by atoms with Crippen LogP contribution in [0.4, 0.5) is 0 Å². The molecule has 0 bridgehead atoms. The maximum Gasteiger partial charge on any atom is 0.407 e. The lowest BCUT2D eigenvalue weighted by Crippen LogP contribution is -3.06. The zero-order valence-electron chi connectivity index (χ0n) is 17.2. The van der Waals surface area contributed by atoms with Crippen LogP contribution < -0.4 is 10.4 Å². The van der Waals surface area contributed by atoms with Gasteiger partial charge in [0.25, 0.3) is 0 Å². The summed E-state index contributed by atoms with van der Waals surface area (Å²) < 4.78 is 11.1. The summed E-state index contributed by atoms with van der Waals surface area (Å²) in [5.41, 5.74) is 3.18. The van der Waals surface area contributed by atoms with Crippen LogP contribution in [0.1, 0.15) is 11.1 Å². The molecule has 0 aliphatic carbocycles. The van der Waals surface area contributed by atoms with Gasteiger partial charge in [-0.1, -0.05) is 72.8 Å². The lowest BCUT2D eigenvalue weighted by atomic mass is 9.68. The summed E-state index contributed by atoms with van der Waals surface area (Å²) in [6.07, 6.45) is 0. The Labute approximate surface area is 176 Å². The molecule has 0 amide bonds. The van der Waals surface area contributed by atoms with Crippen molar-refractivity contribution in [3.05, 3.63) is 90.0 Å². The van der Waals surface area contributed by atoms with E-state index in [0.29, 0.717) is 13.2 Å². The fourth-order valence-corrected chi connectivity index (χ4v) is 4.68. The maximum absolute atomic E-state index is 10.8. The predicted octanol–water partition coefficient (Wildman–Crippen LogP) is 2.39. The van der Waals surface area contributed by atoms with Crippen molar-refractivity contribution < 1.29 is 19.2 Å². The summed E-state index contributed by atoms with van der Waals surface area (Å²) in [6, 6.07) is 27.4. The first kappa shape index (κ1) is 19.3. The van der Waals surface area contributed by atoms with E-state index >= 15 is 0 Å². The van der Waals surface area contributed by atoms with Gasteiger partial charge in [0.2, 0.25) is 0 Å². The molecule has 1 heterocycles. The van der Waals surface area contributed by atoms with Crippen LogP contribution >= 0.6 is 0 Å². The van der Waals surface area contributed by atoms with Crippen molar-refractivity contribution >= 4 is 33.8 Å². The van der Waals surface area contributed by atoms with Crippen LogP contribution in [-0.4, -0.2) is 32.0 Å². The molecule has 5 heteroatoms. The Morgan fingerprint density at radius 1 is 0.800 bits per heavy atom. The van der Waals surface area contributed by atoms with Gasteiger partial charge in [0.15, 0.2) is 0 Å². The van der Waals surface area contributed by atoms with Crippen LogP contribution in [-0.2, 0) is 22.4 Å². The monoisotopic (exact) mass is 399 g/mol. The standard InChI is InChI=1S/C25H25BNO3/c1-27(17-21-10-4-7-13-25(21)26(28)29-14-15-30-26)18-24-22-11-5-2-8-19(22)16-20-9-3-6-12-23(20)24/h2-13,16,28H,14-15,17-18H2,1H3/q-1/p+1. The molecule has 1 saturated heterocycles. The molecule has 1 unspecified atom stereocenters. The highest BCUT2D eigenvalue weighted by Gasteiger charge is 2.33. The van der Waals surface area contributed by atoms with Crippen molar-refractivity contribution in [2.75, 3.05) is 20.3 Å². The normalized spacial score (nSPS) is 16.9. The smallest absolute Gasteiger partial charge is 0.407 e. The van der Waals surface area contributed by atoms with E-state index in [4.69, 9.17) is 9.31 Å². The van der Waals surface area contributed by atoms with Gasteiger partial charge < -0.3 is 19.2 Å². The van der Waals surface area contributed by atoms with Crippen LogP contribution in [0, 0.1) is 0 Å². The summed E-state index contributed by atoms with van der Waals surface area (Å²) in [4.78, 5) is 1.33.